The zero-order chi connectivity index (χ0) is 36.4. The summed E-state index contributed by atoms with van der Waals surface area (Å²) in [5, 5.41) is 16.2. The Morgan fingerprint density at radius 3 is 2.57 bits per heavy atom. The maximum absolute atomic E-state index is 13.0. The number of nitrogens with one attached hydrogen (secondary N) is 1. The van der Waals surface area contributed by atoms with Gasteiger partial charge in [-0.3, -0.25) is 4.79 Å². The van der Waals surface area contributed by atoms with Crippen LogP contribution < -0.4 is 11.1 Å². The highest BCUT2D eigenvalue weighted by Gasteiger charge is 2.50. The van der Waals surface area contributed by atoms with Gasteiger partial charge in [0.2, 0.25) is 0 Å². The molecule has 14 nitrogen and oxygen atoms in total. The molecule has 0 fully saturated rings. The summed E-state index contributed by atoms with van der Waals surface area (Å²) in [6, 6.07) is 9.62. The van der Waals surface area contributed by atoms with Gasteiger partial charge in [-0.2, -0.15) is 32.1 Å². The number of carbonyl (C=O) groups is 3. The molecular weight excluding hydrogens is 719 g/mol. The lowest BCUT2D eigenvalue weighted by Crippen LogP contribution is -2.43. The number of esters is 1. The van der Waals surface area contributed by atoms with Gasteiger partial charge in [-0.05, 0) is 65.6 Å². The Bertz CT molecular complexity index is 2110. The number of hydrogen-bond acceptors (Lipinski definition) is 10. The first-order valence-corrected chi connectivity index (χ1v) is 16.6. The minimum absolute atomic E-state index is 0. The van der Waals surface area contributed by atoms with Crippen LogP contribution in [0.4, 0.5) is 13.2 Å². The minimum atomic E-state index is -5.26. The van der Waals surface area contributed by atoms with E-state index < -0.39 is 33.4 Å². The Kier molecular flexibility index (Phi) is 11.9. The summed E-state index contributed by atoms with van der Waals surface area (Å²) in [4.78, 5) is 44.3. The molecule has 0 unspecified atom stereocenters. The molecule has 4 aromatic rings. The third-order valence-electron chi connectivity index (χ3n) is 8.37. The molecule has 2 aromatic carbocycles. The van der Waals surface area contributed by atoms with Gasteiger partial charge in [0.15, 0.2) is 5.69 Å². The summed E-state index contributed by atoms with van der Waals surface area (Å²) in [6.07, 6.45) is 4.31. The van der Waals surface area contributed by atoms with Crippen molar-refractivity contribution >= 4 is 46.1 Å². The molecular formula is C32H33ClF3N7O7S. The number of benzene rings is 2. The number of aromatic carboxylic acids is 1. The van der Waals surface area contributed by atoms with Gasteiger partial charge in [-0.15, -0.1) is 12.4 Å². The van der Waals surface area contributed by atoms with Crippen molar-refractivity contribution < 1.29 is 45.8 Å². The molecule has 0 spiro atoms. The van der Waals surface area contributed by atoms with Gasteiger partial charge in [0.1, 0.15) is 18.6 Å². The number of nitrogens with zero attached hydrogens (tertiary/aromatic N) is 5. The van der Waals surface area contributed by atoms with Crippen LogP contribution in [0, 0.1) is 6.92 Å². The summed E-state index contributed by atoms with van der Waals surface area (Å²) >= 11 is 0. The van der Waals surface area contributed by atoms with Crippen molar-refractivity contribution in [2.45, 2.75) is 50.8 Å². The molecule has 51 heavy (non-hydrogen) atoms. The largest absolute Gasteiger partial charge is 0.511 e. The topological polar surface area (TPSA) is 199 Å². The number of sulfonamides is 1. The van der Waals surface area contributed by atoms with Gasteiger partial charge in [-0.25, -0.2) is 23.0 Å². The number of rotatable bonds is 8. The summed E-state index contributed by atoms with van der Waals surface area (Å²) < 4.78 is 67.0. The number of halogens is 4. The quantitative estimate of drug-likeness (QED) is 0.175. The zero-order valence-electron chi connectivity index (χ0n) is 27.0. The van der Waals surface area contributed by atoms with E-state index in [0.717, 1.165) is 27.8 Å². The van der Waals surface area contributed by atoms with Crippen LogP contribution in [0.2, 0.25) is 0 Å². The third-order valence-corrected chi connectivity index (χ3v) is 9.95. The smallest absolute Gasteiger partial charge is 0.477 e. The molecule has 6 rings (SSSR count). The summed E-state index contributed by atoms with van der Waals surface area (Å²) in [7, 11) is -5.26. The molecule has 2 aromatic heterocycles. The highest BCUT2D eigenvalue weighted by atomic mass is 35.5. The first kappa shape index (κ1) is 38.9. The first-order chi connectivity index (χ1) is 23.7. The predicted octanol–water partition coefficient (Wildman–Crippen LogP) is 3.67. The van der Waals surface area contributed by atoms with Gasteiger partial charge >= 0.3 is 27.5 Å². The molecule has 1 aliphatic heterocycles. The molecule has 1 amide bonds. The van der Waals surface area contributed by atoms with Gasteiger partial charge < -0.3 is 20.9 Å². The second-order valence-electron chi connectivity index (χ2n) is 11.4. The van der Waals surface area contributed by atoms with Crippen molar-refractivity contribution in [1.82, 2.24) is 29.2 Å². The Labute approximate surface area is 296 Å². The van der Waals surface area contributed by atoms with E-state index in [4.69, 9.17) is 10.5 Å². The highest BCUT2D eigenvalue weighted by molar-refractivity contribution is 7.89. The molecule has 19 heteroatoms. The number of fused-ring (bicyclic) bond motifs is 3. The Morgan fingerprint density at radius 2 is 1.90 bits per heavy atom. The number of carboxylic acid groups (broad SMARTS) is 1. The van der Waals surface area contributed by atoms with Crippen LogP contribution in [0.5, 0.6) is 0 Å². The Balaban J connectivity index is 0.000000251. The number of hydrogen-bond donors (Lipinski definition) is 3. The van der Waals surface area contributed by atoms with E-state index in [9.17, 15) is 41.1 Å². The fraction of sp³-hybridized carbons (Fsp3) is 0.312. The van der Waals surface area contributed by atoms with E-state index in [1.165, 1.54) is 23.0 Å². The average Bonchev–Trinajstić information content (AvgIpc) is 3.73. The number of alkyl halides is 3. The highest BCUT2D eigenvalue weighted by Crippen LogP contribution is 2.35. The van der Waals surface area contributed by atoms with E-state index in [0.29, 0.717) is 28.3 Å². The van der Waals surface area contributed by atoms with Crippen LogP contribution in [-0.2, 0) is 40.7 Å². The van der Waals surface area contributed by atoms with Crippen LogP contribution in [0.1, 0.15) is 77.2 Å². The predicted molar refractivity (Wildman–Crippen MR) is 179 cm³/mol. The standard InChI is InChI=1S/C21H19N5O5.C11H13F3N2O2S.ClH/c1-3-8-31-20(30)13-4-5-14-12(11(13)2)6-7-15(14)24-18(27)17-9-16(19(28)29)25-21-22-10-23-26(17)21;12-11(13,14)19(17,18)16-4-3-9-2-1-8(6-15)5-10(9)7-16;/h3-5,9-10,15H,1,6-8H2,2H3,(H,24,27)(H,28,29);1-2,5H,3-4,6-7,15H2;1H/t15-;;/m0../s1. The van der Waals surface area contributed by atoms with Crippen molar-refractivity contribution in [3.8, 4) is 0 Å². The van der Waals surface area contributed by atoms with Crippen molar-refractivity contribution in [3.05, 3.63) is 106 Å². The van der Waals surface area contributed by atoms with Gasteiger partial charge in [0.25, 0.3) is 11.7 Å². The zero-order valence-corrected chi connectivity index (χ0v) is 28.6. The maximum atomic E-state index is 13.0. The number of carbonyl (C=O) groups excluding carboxylic acids is 2. The molecule has 4 N–H and O–H groups in total. The van der Waals surface area contributed by atoms with Crippen LogP contribution >= 0.6 is 12.4 Å². The fourth-order valence-electron chi connectivity index (χ4n) is 5.84. The van der Waals surface area contributed by atoms with E-state index in [1.807, 2.05) is 13.0 Å². The molecule has 0 radical (unpaired) electrons. The summed E-state index contributed by atoms with van der Waals surface area (Å²) in [6.45, 7) is 5.37. The van der Waals surface area contributed by atoms with E-state index in [-0.39, 0.29) is 68.3 Å². The molecule has 0 bridgehead atoms. The molecule has 2 aliphatic rings. The first-order valence-electron chi connectivity index (χ1n) is 15.2. The van der Waals surface area contributed by atoms with Crippen molar-refractivity contribution in [1.29, 1.82) is 0 Å². The van der Waals surface area contributed by atoms with Crippen molar-refractivity contribution in [2.24, 2.45) is 5.73 Å². The van der Waals surface area contributed by atoms with E-state index >= 15 is 0 Å². The van der Waals surface area contributed by atoms with Crippen LogP contribution in [0.25, 0.3) is 5.78 Å². The van der Waals surface area contributed by atoms with Gasteiger partial charge in [0, 0.05) is 25.7 Å². The SMILES string of the molecule is C=CCOC(=O)c1ccc2c(c1C)CC[C@@H]2NC(=O)c1cc(C(=O)O)nc2ncnn12.Cl.NCc1ccc2c(c1)CN(S(=O)(=O)C(F)(F)F)CC2. The second-order valence-corrected chi connectivity index (χ2v) is 13.3. The number of amides is 1. The average molecular weight is 752 g/mol. The van der Waals surface area contributed by atoms with E-state index in [2.05, 4.69) is 27.0 Å². The third kappa shape index (κ3) is 8.03. The maximum Gasteiger partial charge on any atom is 0.511 e. The Morgan fingerprint density at radius 1 is 1.16 bits per heavy atom. The number of nitrogens with two attached hydrogens (primary N) is 1. The number of aromatic nitrogens is 4. The van der Waals surface area contributed by atoms with Crippen molar-refractivity contribution in [2.75, 3.05) is 13.2 Å². The van der Waals surface area contributed by atoms with Crippen molar-refractivity contribution in [3.63, 3.8) is 0 Å². The monoisotopic (exact) mass is 751 g/mol. The fourth-order valence-corrected chi connectivity index (χ4v) is 6.78. The van der Waals surface area contributed by atoms with Crippen LogP contribution in [0.3, 0.4) is 0 Å². The molecule has 1 atom stereocenters. The number of carboxylic acids is 1. The second kappa shape index (κ2) is 15.5. The van der Waals surface area contributed by atoms with Crippen LogP contribution in [-0.4, -0.2) is 73.9 Å². The minimum Gasteiger partial charge on any atom is -0.477 e. The lowest BCUT2D eigenvalue weighted by Gasteiger charge is -2.28. The molecule has 1 aliphatic carbocycles. The molecule has 0 saturated heterocycles. The molecule has 272 valence electrons. The van der Waals surface area contributed by atoms with Crippen LogP contribution in [0.15, 0.2) is 55.4 Å². The molecule has 0 saturated carbocycles. The lowest BCUT2D eigenvalue weighted by molar-refractivity contribution is -0.0492. The summed E-state index contributed by atoms with van der Waals surface area (Å²) in [5.41, 5.74) is 5.36. The van der Waals surface area contributed by atoms with Gasteiger partial charge in [0.05, 0.1) is 11.6 Å². The normalized spacial score (nSPS) is 15.4. The van der Waals surface area contributed by atoms with Gasteiger partial charge in [-0.1, -0.05) is 36.9 Å². The lowest BCUT2D eigenvalue weighted by atomic mass is 9.98. The molecule has 3 heterocycles. The number of ether oxygens (including phenoxy) is 1. The van der Waals surface area contributed by atoms with E-state index in [1.54, 1.807) is 24.3 Å². The summed E-state index contributed by atoms with van der Waals surface area (Å²) in [5.74, 6) is -2.16. The Hall–Kier alpha value is -4.91.